The lowest BCUT2D eigenvalue weighted by atomic mass is 10.2. The Bertz CT molecular complexity index is 626. The van der Waals surface area contributed by atoms with E-state index < -0.39 is 0 Å². The molecule has 2 atom stereocenters. The van der Waals surface area contributed by atoms with Crippen molar-refractivity contribution in [1.29, 1.82) is 0 Å². The van der Waals surface area contributed by atoms with E-state index in [1.165, 1.54) is 12.8 Å². The van der Waals surface area contributed by atoms with Crippen molar-refractivity contribution in [2.24, 2.45) is 7.05 Å². The van der Waals surface area contributed by atoms with E-state index in [0.717, 1.165) is 24.6 Å². The van der Waals surface area contributed by atoms with E-state index in [2.05, 4.69) is 30.6 Å². The molecule has 0 saturated carbocycles. The van der Waals surface area contributed by atoms with Gasteiger partial charge in [-0.2, -0.15) is 10.1 Å². The normalized spacial score (nSPS) is 24.3. The van der Waals surface area contributed by atoms with Crippen molar-refractivity contribution in [1.82, 2.24) is 25.1 Å². The van der Waals surface area contributed by atoms with Crippen molar-refractivity contribution in [3.63, 3.8) is 0 Å². The monoisotopic (exact) mass is 285 g/mol. The number of hydrogen-bond acceptors (Lipinski definition) is 6. The lowest BCUT2D eigenvalue weighted by Crippen LogP contribution is -2.51. The Morgan fingerprint density at radius 3 is 2.81 bits per heavy atom. The fourth-order valence-electron chi connectivity index (χ4n) is 3.18. The third-order valence-corrected chi connectivity index (χ3v) is 4.14. The van der Waals surface area contributed by atoms with Gasteiger partial charge in [0.1, 0.15) is 5.82 Å². The average molecular weight is 285 g/mol. The highest BCUT2D eigenvalue weighted by molar-refractivity contribution is 5.53. The van der Waals surface area contributed by atoms with Crippen molar-refractivity contribution in [3.8, 4) is 0 Å². The van der Waals surface area contributed by atoms with Gasteiger partial charge in [0.05, 0.1) is 11.9 Å². The van der Waals surface area contributed by atoms with Crippen molar-refractivity contribution in [2.75, 3.05) is 23.3 Å². The van der Waals surface area contributed by atoms with E-state index >= 15 is 0 Å². The van der Waals surface area contributed by atoms with Crippen LogP contribution in [0.4, 0.5) is 17.5 Å². The van der Waals surface area contributed by atoms with Crippen LogP contribution in [0.1, 0.15) is 12.8 Å². The third kappa shape index (κ3) is 2.56. The van der Waals surface area contributed by atoms with Gasteiger partial charge < -0.3 is 15.5 Å². The van der Waals surface area contributed by atoms with E-state index in [4.69, 9.17) is 0 Å². The van der Waals surface area contributed by atoms with Crippen LogP contribution < -0.4 is 15.5 Å². The van der Waals surface area contributed by atoms with Crippen LogP contribution in [0.5, 0.6) is 0 Å². The van der Waals surface area contributed by atoms with Gasteiger partial charge in [-0.15, -0.1) is 0 Å². The second-order valence-electron chi connectivity index (χ2n) is 5.81. The quantitative estimate of drug-likeness (QED) is 0.873. The molecule has 7 nitrogen and oxygen atoms in total. The molecule has 2 aliphatic rings. The molecule has 0 spiro atoms. The predicted octanol–water partition coefficient (Wildman–Crippen LogP) is 0.894. The van der Waals surface area contributed by atoms with Gasteiger partial charge in [-0.05, 0) is 18.9 Å². The van der Waals surface area contributed by atoms with Crippen LogP contribution in [-0.4, -0.2) is 44.9 Å². The van der Waals surface area contributed by atoms with Gasteiger partial charge in [-0.1, -0.05) is 0 Å². The Morgan fingerprint density at radius 1 is 1.29 bits per heavy atom. The molecule has 0 radical (unpaired) electrons. The SMILES string of the molecule is Cn1cc(Nc2nccc(N3C[C@H]4CC[C@@H](C3)N4)n2)cn1. The number of fused-ring (bicyclic) bond motifs is 2. The molecule has 0 aliphatic carbocycles. The maximum Gasteiger partial charge on any atom is 0.229 e. The van der Waals surface area contributed by atoms with Gasteiger partial charge in [0, 0.05) is 44.6 Å². The molecular weight excluding hydrogens is 266 g/mol. The van der Waals surface area contributed by atoms with Crippen molar-refractivity contribution < 1.29 is 0 Å². The number of nitrogens with one attached hydrogen (secondary N) is 2. The fraction of sp³-hybridized carbons (Fsp3) is 0.500. The lowest BCUT2D eigenvalue weighted by molar-refractivity contribution is 0.463. The number of aryl methyl sites for hydroxylation is 1. The van der Waals surface area contributed by atoms with Gasteiger partial charge in [0.25, 0.3) is 0 Å². The van der Waals surface area contributed by atoms with E-state index in [0.29, 0.717) is 18.0 Å². The van der Waals surface area contributed by atoms with Crippen molar-refractivity contribution in [3.05, 3.63) is 24.7 Å². The van der Waals surface area contributed by atoms with Crippen LogP contribution in [-0.2, 0) is 7.05 Å². The molecule has 4 heterocycles. The minimum absolute atomic E-state index is 0.605. The molecule has 21 heavy (non-hydrogen) atoms. The summed E-state index contributed by atoms with van der Waals surface area (Å²) in [5.41, 5.74) is 0.898. The summed E-state index contributed by atoms with van der Waals surface area (Å²) < 4.78 is 1.75. The molecular formula is C14H19N7. The molecule has 2 fully saturated rings. The molecule has 2 aromatic heterocycles. The molecule has 0 aromatic carbocycles. The van der Waals surface area contributed by atoms with Gasteiger partial charge in [-0.3, -0.25) is 4.68 Å². The standard InChI is InChI=1S/C14H19N7/c1-20-7-12(6-16-20)18-14-15-5-4-13(19-14)21-8-10-2-3-11(9-21)17-10/h4-7,10-11,17H,2-3,8-9H2,1H3,(H,15,18,19)/t10-,11+. The van der Waals surface area contributed by atoms with E-state index in [9.17, 15) is 0 Å². The van der Waals surface area contributed by atoms with Crippen LogP contribution in [0, 0.1) is 0 Å². The zero-order valence-corrected chi connectivity index (χ0v) is 12.0. The molecule has 110 valence electrons. The minimum atomic E-state index is 0.605. The van der Waals surface area contributed by atoms with Crippen LogP contribution in [0.3, 0.4) is 0 Å². The number of rotatable bonds is 3. The summed E-state index contributed by atoms with van der Waals surface area (Å²) in [6.45, 7) is 2.06. The Balaban J connectivity index is 1.52. The maximum absolute atomic E-state index is 4.64. The van der Waals surface area contributed by atoms with Gasteiger partial charge >= 0.3 is 0 Å². The first kappa shape index (κ1) is 12.6. The number of nitrogens with zero attached hydrogens (tertiary/aromatic N) is 5. The molecule has 2 N–H and O–H groups in total. The second-order valence-corrected chi connectivity index (χ2v) is 5.81. The Kier molecular flexibility index (Phi) is 2.99. The number of aromatic nitrogens is 4. The predicted molar refractivity (Wildman–Crippen MR) is 80.7 cm³/mol. The Morgan fingerprint density at radius 2 is 2.10 bits per heavy atom. The topological polar surface area (TPSA) is 70.9 Å². The number of anilines is 3. The summed E-state index contributed by atoms with van der Waals surface area (Å²) in [7, 11) is 1.89. The molecule has 2 aromatic rings. The highest BCUT2D eigenvalue weighted by Crippen LogP contribution is 2.24. The summed E-state index contributed by atoms with van der Waals surface area (Å²) in [4.78, 5) is 11.3. The summed E-state index contributed by atoms with van der Waals surface area (Å²) in [5.74, 6) is 1.61. The first-order valence-electron chi connectivity index (χ1n) is 7.36. The largest absolute Gasteiger partial charge is 0.353 e. The third-order valence-electron chi connectivity index (χ3n) is 4.14. The number of piperazine rings is 1. The number of hydrogen-bond donors (Lipinski definition) is 2. The van der Waals surface area contributed by atoms with Crippen LogP contribution in [0.15, 0.2) is 24.7 Å². The van der Waals surface area contributed by atoms with Gasteiger partial charge in [0.2, 0.25) is 5.95 Å². The highest BCUT2D eigenvalue weighted by Gasteiger charge is 2.32. The molecule has 2 aliphatic heterocycles. The van der Waals surface area contributed by atoms with E-state index in [1.807, 2.05) is 25.5 Å². The lowest BCUT2D eigenvalue weighted by Gasteiger charge is -2.33. The Hall–Kier alpha value is -2.15. The minimum Gasteiger partial charge on any atom is -0.353 e. The first-order valence-corrected chi connectivity index (χ1v) is 7.36. The average Bonchev–Trinajstić information content (AvgIpc) is 3.04. The smallest absolute Gasteiger partial charge is 0.229 e. The molecule has 2 saturated heterocycles. The first-order chi connectivity index (χ1) is 10.3. The second kappa shape index (κ2) is 5.00. The van der Waals surface area contributed by atoms with Crippen LogP contribution >= 0.6 is 0 Å². The van der Waals surface area contributed by atoms with Crippen LogP contribution in [0.2, 0.25) is 0 Å². The summed E-state index contributed by atoms with van der Waals surface area (Å²) >= 11 is 0. The van der Waals surface area contributed by atoms with E-state index in [1.54, 1.807) is 10.9 Å². The molecule has 0 amide bonds. The van der Waals surface area contributed by atoms with Crippen LogP contribution in [0.25, 0.3) is 0 Å². The Labute approximate surface area is 123 Å². The molecule has 4 rings (SSSR count). The zero-order valence-electron chi connectivity index (χ0n) is 12.0. The molecule has 2 bridgehead atoms. The maximum atomic E-state index is 4.64. The highest BCUT2D eigenvalue weighted by atomic mass is 15.3. The summed E-state index contributed by atoms with van der Waals surface area (Å²) in [6, 6.07) is 3.20. The van der Waals surface area contributed by atoms with E-state index in [-0.39, 0.29) is 0 Å². The summed E-state index contributed by atoms with van der Waals surface area (Å²) in [6.07, 6.45) is 8.02. The van der Waals surface area contributed by atoms with Crippen molar-refractivity contribution >= 4 is 17.5 Å². The summed E-state index contributed by atoms with van der Waals surface area (Å²) in [5, 5.41) is 11.0. The van der Waals surface area contributed by atoms with Crippen molar-refractivity contribution in [2.45, 2.75) is 24.9 Å². The fourth-order valence-corrected chi connectivity index (χ4v) is 3.18. The van der Waals surface area contributed by atoms with Gasteiger partial charge in [-0.25, -0.2) is 4.98 Å². The molecule has 0 unspecified atom stereocenters. The van der Waals surface area contributed by atoms with Gasteiger partial charge in [0.15, 0.2) is 0 Å². The zero-order chi connectivity index (χ0) is 14.2. The molecule has 7 heteroatoms.